The molecule has 0 unspecified atom stereocenters. The van der Waals surface area contributed by atoms with Crippen molar-refractivity contribution < 1.29 is 0 Å². The van der Waals surface area contributed by atoms with Crippen molar-refractivity contribution in [2.45, 2.75) is 0 Å². The number of thiocarbonyl (C=S) groups is 1. The summed E-state index contributed by atoms with van der Waals surface area (Å²) in [5.41, 5.74) is 2.30. The number of para-hydroxylation sites is 2. The van der Waals surface area contributed by atoms with Gasteiger partial charge in [0.2, 0.25) is 0 Å². The minimum absolute atomic E-state index is 0.742. The van der Waals surface area contributed by atoms with E-state index in [0.29, 0.717) is 0 Å². The largest absolute Gasteiger partial charge is 0.345 e. The maximum Gasteiger partial charge on any atom is 0.176 e. The third kappa shape index (κ3) is 2.53. The van der Waals surface area contributed by atoms with E-state index in [1.165, 1.54) is 5.69 Å². The van der Waals surface area contributed by atoms with Gasteiger partial charge in [-0.05, 0) is 36.5 Å². The van der Waals surface area contributed by atoms with Gasteiger partial charge < -0.3 is 15.1 Å². The topological polar surface area (TPSA) is 18.5 Å². The molecule has 19 heavy (non-hydrogen) atoms. The maximum atomic E-state index is 5.40. The summed E-state index contributed by atoms with van der Waals surface area (Å²) in [5.74, 6) is 0. The molecule has 4 heteroatoms. The smallest absolute Gasteiger partial charge is 0.176 e. The van der Waals surface area contributed by atoms with Crippen molar-refractivity contribution in [3.8, 4) is 0 Å². The zero-order valence-electron chi connectivity index (χ0n) is 10.5. The van der Waals surface area contributed by atoms with Crippen molar-refractivity contribution in [3.05, 3.63) is 60.7 Å². The van der Waals surface area contributed by atoms with Crippen molar-refractivity contribution in [1.82, 2.24) is 5.32 Å². The molecule has 1 aliphatic rings. The molecule has 96 valence electrons. The average Bonchev–Trinajstić information content (AvgIpc) is 2.49. The van der Waals surface area contributed by atoms with Gasteiger partial charge >= 0.3 is 0 Å². The van der Waals surface area contributed by atoms with E-state index in [9.17, 15) is 0 Å². The molecule has 1 fully saturated rings. The van der Waals surface area contributed by atoms with Gasteiger partial charge in [-0.25, -0.2) is 0 Å². The molecular weight excluding hydrogens is 254 g/mol. The summed E-state index contributed by atoms with van der Waals surface area (Å²) in [6.45, 7) is 1.51. The molecular formula is C15H15N3S. The van der Waals surface area contributed by atoms with E-state index < -0.39 is 0 Å². The second-order valence-corrected chi connectivity index (χ2v) is 4.81. The fourth-order valence-electron chi connectivity index (χ4n) is 2.16. The Balaban J connectivity index is 1.84. The van der Waals surface area contributed by atoms with Gasteiger partial charge in [-0.15, -0.1) is 0 Å². The zero-order chi connectivity index (χ0) is 13.1. The van der Waals surface area contributed by atoms with E-state index in [-0.39, 0.29) is 0 Å². The summed E-state index contributed by atoms with van der Waals surface area (Å²) in [6, 6.07) is 20.6. The lowest BCUT2D eigenvalue weighted by molar-refractivity contribution is 0.712. The van der Waals surface area contributed by atoms with Gasteiger partial charge in [0.05, 0.1) is 13.3 Å². The third-order valence-electron chi connectivity index (χ3n) is 3.17. The van der Waals surface area contributed by atoms with Gasteiger partial charge in [0.15, 0.2) is 5.11 Å². The lowest BCUT2D eigenvalue weighted by atomic mass is 10.2. The fourth-order valence-corrected chi connectivity index (χ4v) is 2.39. The summed E-state index contributed by atoms with van der Waals surface area (Å²) in [7, 11) is 0. The first-order chi connectivity index (χ1) is 9.34. The molecule has 0 saturated carbocycles. The Bertz CT molecular complexity index is 556. The number of hydrogen-bond donors (Lipinski definition) is 1. The Kier molecular flexibility index (Phi) is 3.33. The zero-order valence-corrected chi connectivity index (χ0v) is 11.3. The quantitative estimate of drug-likeness (QED) is 0.845. The average molecular weight is 269 g/mol. The minimum atomic E-state index is 0.742. The SMILES string of the molecule is S=C1NCN(c2ccccc2)CN1c1ccccc1. The van der Waals surface area contributed by atoms with Crippen LogP contribution in [-0.4, -0.2) is 18.4 Å². The summed E-state index contributed by atoms with van der Waals surface area (Å²) >= 11 is 5.40. The van der Waals surface area contributed by atoms with E-state index in [1.54, 1.807) is 0 Å². The second-order valence-electron chi connectivity index (χ2n) is 4.42. The number of nitrogens with one attached hydrogen (secondary N) is 1. The summed E-state index contributed by atoms with van der Waals surface area (Å²) in [6.07, 6.45) is 0. The van der Waals surface area contributed by atoms with Crippen molar-refractivity contribution >= 4 is 28.7 Å². The highest BCUT2D eigenvalue weighted by atomic mass is 32.1. The molecule has 1 heterocycles. The van der Waals surface area contributed by atoms with E-state index in [4.69, 9.17) is 12.2 Å². The standard InChI is InChI=1S/C15H15N3S/c19-15-16-11-17(13-7-3-1-4-8-13)12-18(15)14-9-5-2-6-10-14/h1-10H,11-12H2,(H,16,19). The van der Waals surface area contributed by atoms with E-state index in [0.717, 1.165) is 24.1 Å². The van der Waals surface area contributed by atoms with Crippen LogP contribution in [0.2, 0.25) is 0 Å². The molecule has 1 N–H and O–H groups in total. The molecule has 3 rings (SSSR count). The summed E-state index contributed by atoms with van der Waals surface area (Å²) in [5, 5.41) is 4.04. The van der Waals surface area contributed by atoms with Crippen LogP contribution in [0.1, 0.15) is 0 Å². The van der Waals surface area contributed by atoms with Gasteiger partial charge in [-0.2, -0.15) is 0 Å². The van der Waals surface area contributed by atoms with Crippen LogP contribution in [0.4, 0.5) is 11.4 Å². The van der Waals surface area contributed by atoms with Crippen LogP contribution in [0.15, 0.2) is 60.7 Å². The Hall–Kier alpha value is -2.07. The van der Waals surface area contributed by atoms with Crippen molar-refractivity contribution in [2.24, 2.45) is 0 Å². The number of rotatable bonds is 2. The number of benzene rings is 2. The summed E-state index contributed by atoms with van der Waals surface area (Å²) < 4.78 is 0. The Morgan fingerprint density at radius 1 is 0.842 bits per heavy atom. The minimum Gasteiger partial charge on any atom is -0.345 e. The van der Waals surface area contributed by atoms with Crippen LogP contribution in [0, 0.1) is 0 Å². The molecule has 0 bridgehead atoms. The van der Waals surface area contributed by atoms with Crippen LogP contribution in [-0.2, 0) is 0 Å². The monoisotopic (exact) mass is 269 g/mol. The first-order valence-corrected chi connectivity index (χ1v) is 6.66. The van der Waals surface area contributed by atoms with Crippen molar-refractivity contribution in [3.63, 3.8) is 0 Å². The van der Waals surface area contributed by atoms with E-state index in [2.05, 4.69) is 51.5 Å². The van der Waals surface area contributed by atoms with E-state index in [1.807, 2.05) is 24.3 Å². The predicted molar refractivity (Wildman–Crippen MR) is 83.3 cm³/mol. The highest BCUT2D eigenvalue weighted by molar-refractivity contribution is 7.80. The van der Waals surface area contributed by atoms with Crippen LogP contribution < -0.4 is 15.1 Å². The second kappa shape index (κ2) is 5.28. The normalized spacial score (nSPS) is 15.3. The van der Waals surface area contributed by atoms with Crippen LogP contribution in [0.25, 0.3) is 0 Å². The molecule has 1 aliphatic heterocycles. The number of anilines is 2. The first kappa shape index (κ1) is 12.0. The lowest BCUT2D eigenvalue weighted by Gasteiger charge is -2.39. The van der Waals surface area contributed by atoms with Gasteiger partial charge in [0.25, 0.3) is 0 Å². The van der Waals surface area contributed by atoms with E-state index >= 15 is 0 Å². The molecule has 0 radical (unpaired) electrons. The number of nitrogens with zero attached hydrogens (tertiary/aromatic N) is 2. The molecule has 0 spiro atoms. The first-order valence-electron chi connectivity index (χ1n) is 6.25. The molecule has 3 nitrogen and oxygen atoms in total. The summed E-state index contributed by atoms with van der Waals surface area (Å²) in [4.78, 5) is 4.36. The highest BCUT2D eigenvalue weighted by Crippen LogP contribution is 2.20. The third-order valence-corrected chi connectivity index (χ3v) is 3.53. The van der Waals surface area contributed by atoms with Crippen molar-refractivity contribution in [1.29, 1.82) is 0 Å². The Morgan fingerprint density at radius 3 is 2.05 bits per heavy atom. The van der Waals surface area contributed by atoms with Gasteiger partial charge in [0, 0.05) is 11.4 Å². The molecule has 0 amide bonds. The Morgan fingerprint density at radius 2 is 1.42 bits per heavy atom. The fraction of sp³-hybridized carbons (Fsp3) is 0.133. The molecule has 0 atom stereocenters. The molecule has 0 aliphatic carbocycles. The van der Waals surface area contributed by atoms with Crippen LogP contribution in [0.3, 0.4) is 0 Å². The molecule has 0 aromatic heterocycles. The van der Waals surface area contributed by atoms with Gasteiger partial charge in [-0.3, -0.25) is 0 Å². The lowest BCUT2D eigenvalue weighted by Crippen LogP contribution is -2.56. The molecule has 1 saturated heterocycles. The van der Waals surface area contributed by atoms with Crippen LogP contribution >= 0.6 is 12.2 Å². The maximum absolute atomic E-state index is 5.40. The van der Waals surface area contributed by atoms with Crippen LogP contribution in [0.5, 0.6) is 0 Å². The van der Waals surface area contributed by atoms with Gasteiger partial charge in [0.1, 0.15) is 0 Å². The molecule has 2 aromatic carbocycles. The number of hydrogen-bond acceptors (Lipinski definition) is 2. The van der Waals surface area contributed by atoms with Crippen molar-refractivity contribution in [2.75, 3.05) is 23.1 Å². The predicted octanol–water partition coefficient (Wildman–Crippen LogP) is 2.80. The van der Waals surface area contributed by atoms with Gasteiger partial charge in [-0.1, -0.05) is 36.4 Å². The molecule has 2 aromatic rings. The Labute approximate surface area is 118 Å². The highest BCUT2D eigenvalue weighted by Gasteiger charge is 2.21.